The lowest BCUT2D eigenvalue weighted by Gasteiger charge is -2.08. The van der Waals surface area contributed by atoms with Crippen LogP contribution >= 0.6 is 0 Å². The van der Waals surface area contributed by atoms with Crippen LogP contribution in [0.3, 0.4) is 0 Å². The third-order valence-corrected chi connectivity index (χ3v) is 3.46. The first-order chi connectivity index (χ1) is 11.5. The van der Waals surface area contributed by atoms with E-state index in [0.29, 0.717) is 22.9 Å². The monoisotopic (exact) mass is 325 g/mol. The van der Waals surface area contributed by atoms with Crippen molar-refractivity contribution in [1.29, 1.82) is 0 Å². The summed E-state index contributed by atoms with van der Waals surface area (Å²) in [7, 11) is 0. The number of carbonyl (C=O) groups is 1. The molecular formula is C15H15N7O2. The summed E-state index contributed by atoms with van der Waals surface area (Å²) in [6, 6.07) is 1.76. The van der Waals surface area contributed by atoms with Crippen LogP contribution in [0.5, 0.6) is 0 Å². The van der Waals surface area contributed by atoms with Crippen LogP contribution in [0.25, 0.3) is 5.95 Å². The molecule has 9 heteroatoms. The zero-order valence-electron chi connectivity index (χ0n) is 13.2. The standard InChI is InChI=1S/C15H15N7O2/c1-10-11(2)18-9-21(14(10)24)8-13(23)20-12-6-16-15(17-7-12)22-5-3-4-19-22/h3-7,9H,8H2,1-2H3,(H,20,23). The summed E-state index contributed by atoms with van der Waals surface area (Å²) in [5.41, 5.74) is 1.38. The first-order valence-electron chi connectivity index (χ1n) is 7.19. The molecule has 0 unspecified atom stereocenters. The van der Waals surface area contributed by atoms with Gasteiger partial charge in [0, 0.05) is 23.7 Å². The molecular weight excluding hydrogens is 310 g/mol. The van der Waals surface area contributed by atoms with Crippen LogP contribution < -0.4 is 10.9 Å². The van der Waals surface area contributed by atoms with Gasteiger partial charge in [0.25, 0.3) is 11.5 Å². The van der Waals surface area contributed by atoms with E-state index in [-0.39, 0.29) is 18.0 Å². The van der Waals surface area contributed by atoms with E-state index in [1.54, 1.807) is 32.3 Å². The normalized spacial score (nSPS) is 10.6. The van der Waals surface area contributed by atoms with Gasteiger partial charge in [0.2, 0.25) is 5.91 Å². The summed E-state index contributed by atoms with van der Waals surface area (Å²) >= 11 is 0. The molecule has 1 N–H and O–H groups in total. The fourth-order valence-electron chi connectivity index (χ4n) is 2.03. The van der Waals surface area contributed by atoms with E-state index >= 15 is 0 Å². The van der Waals surface area contributed by atoms with Crippen molar-refractivity contribution in [2.45, 2.75) is 20.4 Å². The van der Waals surface area contributed by atoms with Crippen LogP contribution in [0.2, 0.25) is 0 Å². The summed E-state index contributed by atoms with van der Waals surface area (Å²) in [5, 5.41) is 6.66. The number of anilines is 1. The van der Waals surface area contributed by atoms with E-state index in [1.807, 2.05) is 0 Å². The largest absolute Gasteiger partial charge is 0.322 e. The van der Waals surface area contributed by atoms with E-state index in [4.69, 9.17) is 0 Å². The fraction of sp³-hybridized carbons (Fsp3) is 0.200. The van der Waals surface area contributed by atoms with E-state index in [1.165, 1.54) is 28.0 Å². The molecule has 0 atom stereocenters. The Morgan fingerprint density at radius 1 is 1.21 bits per heavy atom. The van der Waals surface area contributed by atoms with E-state index in [0.717, 1.165) is 0 Å². The van der Waals surface area contributed by atoms with E-state index in [2.05, 4.69) is 25.4 Å². The van der Waals surface area contributed by atoms with Crippen molar-refractivity contribution < 1.29 is 4.79 Å². The van der Waals surface area contributed by atoms with Crippen molar-refractivity contribution in [3.8, 4) is 5.95 Å². The summed E-state index contributed by atoms with van der Waals surface area (Å²) in [6.07, 6.45) is 7.65. The number of carbonyl (C=O) groups excluding carboxylic acids is 1. The Balaban J connectivity index is 1.69. The highest BCUT2D eigenvalue weighted by Crippen LogP contribution is 2.05. The maximum atomic E-state index is 12.1. The van der Waals surface area contributed by atoms with Gasteiger partial charge < -0.3 is 5.32 Å². The summed E-state index contributed by atoms with van der Waals surface area (Å²) in [6.45, 7) is 3.30. The van der Waals surface area contributed by atoms with Crippen LogP contribution in [0.4, 0.5) is 5.69 Å². The minimum atomic E-state index is -0.363. The summed E-state index contributed by atoms with van der Waals surface area (Å²) in [5.74, 6) is 0.0326. The Kier molecular flexibility index (Phi) is 4.15. The first kappa shape index (κ1) is 15.5. The fourth-order valence-corrected chi connectivity index (χ4v) is 2.03. The molecule has 0 spiro atoms. The minimum absolute atomic E-state index is 0.131. The molecule has 0 aromatic carbocycles. The predicted molar refractivity (Wildman–Crippen MR) is 85.8 cm³/mol. The van der Waals surface area contributed by atoms with Gasteiger partial charge in [0.15, 0.2) is 0 Å². The van der Waals surface area contributed by atoms with Crippen molar-refractivity contribution in [2.75, 3.05) is 5.32 Å². The second-order valence-electron chi connectivity index (χ2n) is 5.16. The average molecular weight is 325 g/mol. The quantitative estimate of drug-likeness (QED) is 0.747. The van der Waals surface area contributed by atoms with Crippen LogP contribution in [-0.4, -0.2) is 35.2 Å². The molecule has 0 bridgehead atoms. The molecule has 0 aliphatic rings. The van der Waals surface area contributed by atoms with E-state index in [9.17, 15) is 9.59 Å². The van der Waals surface area contributed by atoms with Gasteiger partial charge in [0.1, 0.15) is 6.54 Å². The Labute approximate surface area is 137 Å². The lowest BCUT2D eigenvalue weighted by Crippen LogP contribution is -2.29. The molecule has 0 saturated carbocycles. The van der Waals surface area contributed by atoms with E-state index < -0.39 is 0 Å². The Bertz CT molecular complexity index is 914. The SMILES string of the molecule is Cc1ncn(CC(=O)Nc2cnc(-n3cccn3)nc2)c(=O)c1C. The highest BCUT2D eigenvalue weighted by atomic mass is 16.2. The first-order valence-corrected chi connectivity index (χ1v) is 7.19. The van der Waals surface area contributed by atoms with Crippen molar-refractivity contribution >= 4 is 11.6 Å². The molecule has 3 rings (SSSR count). The van der Waals surface area contributed by atoms with Gasteiger partial charge in [-0.3, -0.25) is 14.2 Å². The van der Waals surface area contributed by atoms with Gasteiger partial charge in [0.05, 0.1) is 24.4 Å². The topological polar surface area (TPSA) is 108 Å². The predicted octanol–water partition coefficient (Wildman–Crippen LogP) is 0.475. The van der Waals surface area contributed by atoms with Gasteiger partial charge >= 0.3 is 0 Å². The number of rotatable bonds is 4. The molecule has 1 amide bonds. The number of nitrogens with one attached hydrogen (secondary N) is 1. The molecule has 0 fully saturated rings. The maximum Gasteiger partial charge on any atom is 0.256 e. The van der Waals surface area contributed by atoms with Crippen molar-refractivity contribution in [3.63, 3.8) is 0 Å². The molecule has 0 aliphatic heterocycles. The lowest BCUT2D eigenvalue weighted by atomic mass is 10.3. The van der Waals surface area contributed by atoms with Crippen LogP contribution in [0.15, 0.2) is 42.0 Å². The summed E-state index contributed by atoms with van der Waals surface area (Å²) in [4.78, 5) is 36.5. The van der Waals surface area contributed by atoms with Crippen molar-refractivity contribution in [2.24, 2.45) is 0 Å². The second kappa shape index (κ2) is 6.41. The van der Waals surface area contributed by atoms with Gasteiger partial charge in [-0.25, -0.2) is 19.6 Å². The Morgan fingerprint density at radius 3 is 2.62 bits per heavy atom. The van der Waals surface area contributed by atoms with Crippen LogP contribution in [-0.2, 0) is 11.3 Å². The smallest absolute Gasteiger partial charge is 0.256 e. The number of hydrogen-bond donors (Lipinski definition) is 1. The molecule has 3 aromatic heterocycles. The molecule has 3 aromatic rings. The van der Waals surface area contributed by atoms with Gasteiger partial charge in [-0.2, -0.15) is 5.10 Å². The van der Waals surface area contributed by atoms with Gasteiger partial charge in [-0.1, -0.05) is 0 Å². The van der Waals surface area contributed by atoms with Crippen molar-refractivity contribution in [1.82, 2.24) is 29.3 Å². The zero-order chi connectivity index (χ0) is 17.1. The molecule has 3 heterocycles. The Hall–Kier alpha value is -3.36. The number of aromatic nitrogens is 6. The molecule has 9 nitrogen and oxygen atoms in total. The van der Waals surface area contributed by atoms with Gasteiger partial charge in [-0.05, 0) is 19.9 Å². The minimum Gasteiger partial charge on any atom is -0.322 e. The third kappa shape index (κ3) is 3.19. The molecule has 0 radical (unpaired) electrons. The molecule has 122 valence electrons. The van der Waals surface area contributed by atoms with Crippen LogP contribution in [0, 0.1) is 13.8 Å². The second-order valence-corrected chi connectivity index (χ2v) is 5.16. The lowest BCUT2D eigenvalue weighted by molar-refractivity contribution is -0.116. The zero-order valence-corrected chi connectivity index (χ0v) is 13.2. The maximum absolute atomic E-state index is 12.1. The number of nitrogens with zero attached hydrogens (tertiary/aromatic N) is 6. The highest BCUT2D eigenvalue weighted by Gasteiger charge is 2.09. The van der Waals surface area contributed by atoms with Gasteiger partial charge in [-0.15, -0.1) is 0 Å². The highest BCUT2D eigenvalue weighted by molar-refractivity contribution is 5.90. The van der Waals surface area contributed by atoms with Crippen LogP contribution in [0.1, 0.15) is 11.3 Å². The Morgan fingerprint density at radius 2 is 1.96 bits per heavy atom. The number of aryl methyl sites for hydroxylation is 1. The molecule has 0 aliphatic carbocycles. The third-order valence-electron chi connectivity index (χ3n) is 3.46. The number of hydrogen-bond acceptors (Lipinski definition) is 6. The average Bonchev–Trinajstić information content (AvgIpc) is 3.11. The molecule has 0 saturated heterocycles. The molecule has 24 heavy (non-hydrogen) atoms. The van der Waals surface area contributed by atoms with Crippen molar-refractivity contribution in [3.05, 3.63) is 58.8 Å². The summed E-state index contributed by atoms with van der Waals surface area (Å²) < 4.78 is 2.77. The number of amides is 1.